The summed E-state index contributed by atoms with van der Waals surface area (Å²) in [5.41, 5.74) is 1.45. The zero-order valence-corrected chi connectivity index (χ0v) is 14.6. The molecule has 0 spiro atoms. The third-order valence-electron chi connectivity index (χ3n) is 3.04. The van der Waals surface area contributed by atoms with Gasteiger partial charge in [-0.1, -0.05) is 23.9 Å². The smallest absolute Gasteiger partial charge is 0.338 e. The average Bonchev–Trinajstić information content (AvgIpc) is 3.06. The molecule has 0 radical (unpaired) electrons. The number of rotatable bonds is 7. The van der Waals surface area contributed by atoms with E-state index in [0.717, 1.165) is 10.7 Å². The number of aromatic nitrogens is 3. The van der Waals surface area contributed by atoms with Crippen molar-refractivity contribution in [1.82, 2.24) is 20.5 Å². The van der Waals surface area contributed by atoms with E-state index < -0.39 is 12.1 Å². The Morgan fingerprint density at radius 3 is 2.54 bits per heavy atom. The molecule has 2 aromatic rings. The number of benzene rings is 1. The highest BCUT2D eigenvalue weighted by Gasteiger charge is 2.19. The van der Waals surface area contributed by atoms with E-state index >= 15 is 0 Å². The summed E-state index contributed by atoms with van der Waals surface area (Å²) in [6.07, 6.45) is 0.625. The monoisotopic (exact) mass is 348 g/mol. The molecular formula is C16H20N4O3S. The summed E-state index contributed by atoms with van der Waals surface area (Å²) < 4.78 is 5.18. The normalized spacial score (nSPS) is 12.0. The Morgan fingerprint density at radius 1 is 1.25 bits per heavy atom. The molecule has 2 rings (SSSR count). The van der Waals surface area contributed by atoms with Crippen LogP contribution in [0.25, 0.3) is 0 Å². The third-order valence-corrected chi connectivity index (χ3v) is 3.99. The first-order valence-electron chi connectivity index (χ1n) is 7.54. The molecule has 7 nitrogen and oxygen atoms in total. The second-order valence-corrected chi connectivity index (χ2v) is 6.45. The lowest BCUT2D eigenvalue weighted by Gasteiger charge is -2.15. The average molecular weight is 348 g/mol. The van der Waals surface area contributed by atoms with Crippen LogP contribution < -0.4 is 5.32 Å². The van der Waals surface area contributed by atoms with E-state index in [1.807, 2.05) is 26.0 Å². The summed E-state index contributed by atoms with van der Waals surface area (Å²) in [5.74, 6) is -0.119. The lowest BCUT2D eigenvalue weighted by molar-refractivity contribution is -0.129. The van der Waals surface area contributed by atoms with Gasteiger partial charge in [-0.15, -0.1) is 0 Å². The Hall–Kier alpha value is -2.35. The highest BCUT2D eigenvalue weighted by molar-refractivity contribution is 7.98. The van der Waals surface area contributed by atoms with Crippen LogP contribution in [0.4, 0.5) is 0 Å². The molecule has 1 atom stereocenters. The van der Waals surface area contributed by atoms with Crippen molar-refractivity contribution in [2.24, 2.45) is 0 Å². The summed E-state index contributed by atoms with van der Waals surface area (Å²) in [5, 5.41) is 10.00. The standard InChI is InChI=1S/C16H20N4O3S/c1-10(2)19-14(21)11(3)23-15(22)13-6-4-12(5-7-13)8-24-16-17-9-18-20-16/h4-7,9-11H,8H2,1-3H3,(H,19,21)(H,17,18,20). The summed E-state index contributed by atoms with van der Waals surface area (Å²) in [7, 11) is 0. The van der Waals surface area contributed by atoms with Gasteiger partial charge in [0.1, 0.15) is 6.33 Å². The van der Waals surface area contributed by atoms with E-state index in [9.17, 15) is 9.59 Å². The molecule has 1 unspecified atom stereocenters. The van der Waals surface area contributed by atoms with Crippen molar-refractivity contribution >= 4 is 23.6 Å². The minimum Gasteiger partial charge on any atom is -0.449 e. The van der Waals surface area contributed by atoms with Crippen LogP contribution in [0.5, 0.6) is 0 Å². The fourth-order valence-electron chi connectivity index (χ4n) is 1.84. The summed E-state index contributed by atoms with van der Waals surface area (Å²) in [4.78, 5) is 27.9. The highest BCUT2D eigenvalue weighted by atomic mass is 32.2. The molecule has 0 aliphatic heterocycles. The predicted octanol–water partition coefficient (Wildman–Crippen LogP) is 2.17. The van der Waals surface area contributed by atoms with Crippen molar-refractivity contribution in [3.05, 3.63) is 41.7 Å². The van der Waals surface area contributed by atoms with Gasteiger partial charge in [-0.25, -0.2) is 9.78 Å². The second-order valence-electron chi connectivity index (χ2n) is 5.49. The van der Waals surface area contributed by atoms with Crippen LogP contribution >= 0.6 is 11.8 Å². The maximum Gasteiger partial charge on any atom is 0.338 e. The topological polar surface area (TPSA) is 97.0 Å². The number of hydrogen-bond donors (Lipinski definition) is 2. The molecule has 8 heteroatoms. The first-order chi connectivity index (χ1) is 11.5. The molecule has 1 amide bonds. The van der Waals surface area contributed by atoms with Gasteiger partial charge in [0.05, 0.1) is 5.56 Å². The fraction of sp³-hybridized carbons (Fsp3) is 0.375. The van der Waals surface area contributed by atoms with Crippen LogP contribution in [0.15, 0.2) is 35.7 Å². The quantitative estimate of drug-likeness (QED) is 0.588. The molecule has 2 N–H and O–H groups in total. The number of ether oxygens (including phenoxy) is 1. The van der Waals surface area contributed by atoms with Gasteiger partial charge in [0.15, 0.2) is 11.3 Å². The molecule has 24 heavy (non-hydrogen) atoms. The molecule has 0 fully saturated rings. The number of hydrogen-bond acceptors (Lipinski definition) is 6. The lowest BCUT2D eigenvalue weighted by Crippen LogP contribution is -2.39. The van der Waals surface area contributed by atoms with E-state index in [0.29, 0.717) is 11.3 Å². The first-order valence-corrected chi connectivity index (χ1v) is 8.52. The summed E-state index contributed by atoms with van der Waals surface area (Å²) in [6.45, 7) is 5.25. The Kier molecular flexibility index (Phi) is 6.36. The molecule has 1 heterocycles. The van der Waals surface area contributed by atoms with E-state index in [2.05, 4.69) is 20.5 Å². The highest BCUT2D eigenvalue weighted by Crippen LogP contribution is 2.18. The van der Waals surface area contributed by atoms with E-state index in [-0.39, 0.29) is 11.9 Å². The molecule has 0 saturated heterocycles. The molecule has 1 aromatic heterocycles. The van der Waals surface area contributed by atoms with Crippen molar-refractivity contribution in [2.45, 2.75) is 43.8 Å². The predicted molar refractivity (Wildman–Crippen MR) is 90.5 cm³/mol. The van der Waals surface area contributed by atoms with Gasteiger partial charge in [0.25, 0.3) is 5.91 Å². The zero-order chi connectivity index (χ0) is 17.5. The molecule has 128 valence electrons. The minimum absolute atomic E-state index is 0.000188. The van der Waals surface area contributed by atoms with Crippen LogP contribution in [0, 0.1) is 0 Å². The molecular weight excluding hydrogens is 328 g/mol. The van der Waals surface area contributed by atoms with Crippen molar-refractivity contribution in [3.8, 4) is 0 Å². The van der Waals surface area contributed by atoms with Crippen molar-refractivity contribution in [3.63, 3.8) is 0 Å². The molecule has 0 bridgehead atoms. The van der Waals surface area contributed by atoms with Crippen molar-refractivity contribution in [2.75, 3.05) is 0 Å². The molecule has 0 aliphatic rings. The Morgan fingerprint density at radius 2 is 1.96 bits per heavy atom. The summed E-state index contributed by atoms with van der Waals surface area (Å²) >= 11 is 1.52. The number of nitrogens with one attached hydrogen (secondary N) is 2. The number of H-pyrrole nitrogens is 1. The van der Waals surface area contributed by atoms with Gasteiger partial charge < -0.3 is 10.1 Å². The zero-order valence-electron chi connectivity index (χ0n) is 13.8. The largest absolute Gasteiger partial charge is 0.449 e. The number of carbonyl (C=O) groups is 2. The SMILES string of the molecule is CC(C)NC(=O)C(C)OC(=O)c1ccc(CSc2ncn[nH]2)cc1. The van der Waals surface area contributed by atoms with Crippen LogP contribution in [-0.4, -0.2) is 39.2 Å². The Balaban J connectivity index is 1.87. The number of aromatic amines is 1. The Labute approximate surface area is 144 Å². The molecule has 0 saturated carbocycles. The van der Waals surface area contributed by atoms with Crippen LogP contribution in [0.1, 0.15) is 36.7 Å². The van der Waals surface area contributed by atoms with E-state index in [1.165, 1.54) is 18.1 Å². The van der Waals surface area contributed by atoms with Crippen LogP contribution in [0.2, 0.25) is 0 Å². The maximum atomic E-state index is 12.1. The summed E-state index contributed by atoms with van der Waals surface area (Å²) in [6, 6.07) is 7.06. The number of thioether (sulfide) groups is 1. The van der Waals surface area contributed by atoms with Gasteiger partial charge in [-0.05, 0) is 38.5 Å². The van der Waals surface area contributed by atoms with Crippen molar-refractivity contribution < 1.29 is 14.3 Å². The minimum atomic E-state index is -0.832. The van der Waals surface area contributed by atoms with Gasteiger partial charge >= 0.3 is 5.97 Å². The van der Waals surface area contributed by atoms with Gasteiger partial charge in [0.2, 0.25) is 0 Å². The van der Waals surface area contributed by atoms with Gasteiger partial charge in [-0.3, -0.25) is 9.89 Å². The van der Waals surface area contributed by atoms with Crippen molar-refractivity contribution in [1.29, 1.82) is 0 Å². The fourth-order valence-corrected chi connectivity index (χ4v) is 2.57. The first kappa shape index (κ1) is 18.0. The number of esters is 1. The van der Waals surface area contributed by atoms with E-state index in [1.54, 1.807) is 19.1 Å². The maximum absolute atomic E-state index is 12.1. The molecule has 0 aliphatic carbocycles. The van der Waals surface area contributed by atoms with Gasteiger partial charge in [0, 0.05) is 11.8 Å². The van der Waals surface area contributed by atoms with Crippen LogP contribution in [0.3, 0.4) is 0 Å². The number of amides is 1. The number of nitrogens with zero attached hydrogens (tertiary/aromatic N) is 2. The second kappa shape index (κ2) is 8.49. The lowest BCUT2D eigenvalue weighted by atomic mass is 10.1. The third kappa shape index (κ3) is 5.38. The van der Waals surface area contributed by atoms with Gasteiger partial charge in [-0.2, -0.15) is 5.10 Å². The van der Waals surface area contributed by atoms with Crippen LogP contribution in [-0.2, 0) is 15.3 Å². The van der Waals surface area contributed by atoms with E-state index in [4.69, 9.17) is 4.74 Å². The number of carbonyl (C=O) groups excluding carboxylic acids is 2. The Bertz CT molecular complexity index is 671. The molecule has 1 aromatic carbocycles.